The van der Waals surface area contributed by atoms with Gasteiger partial charge in [-0.25, -0.2) is 0 Å². The van der Waals surface area contributed by atoms with Crippen molar-refractivity contribution in [2.75, 3.05) is 0 Å². The van der Waals surface area contributed by atoms with Crippen molar-refractivity contribution in [2.24, 2.45) is 0 Å². The topological polar surface area (TPSA) is 0 Å². The molecule has 0 saturated heterocycles. The zero-order valence-corrected chi connectivity index (χ0v) is 10.5. The third-order valence-corrected chi connectivity index (χ3v) is 3.92. The molecule has 2 aromatic rings. The van der Waals surface area contributed by atoms with Gasteiger partial charge in [0.2, 0.25) is 0 Å². The summed E-state index contributed by atoms with van der Waals surface area (Å²) in [6.07, 6.45) is 8.42. The number of hydrogen-bond donors (Lipinski definition) is 0. The van der Waals surface area contributed by atoms with Crippen molar-refractivity contribution in [1.29, 1.82) is 0 Å². The van der Waals surface area contributed by atoms with Crippen LogP contribution >= 0.6 is 0 Å². The number of allylic oxidation sites excluding steroid dienone is 2. The first-order valence-corrected chi connectivity index (χ1v) is 6.71. The highest BCUT2D eigenvalue weighted by Crippen LogP contribution is 2.40. The van der Waals surface area contributed by atoms with E-state index in [9.17, 15) is 0 Å². The molecular weight excluding hydrogens is 216 g/mol. The van der Waals surface area contributed by atoms with Crippen molar-refractivity contribution < 1.29 is 0 Å². The van der Waals surface area contributed by atoms with E-state index in [0.29, 0.717) is 0 Å². The van der Waals surface area contributed by atoms with Crippen LogP contribution in [0.15, 0.2) is 72.8 Å². The molecule has 0 unspecified atom stereocenters. The molecule has 0 aliphatic heterocycles. The maximum absolute atomic E-state index is 2.40. The lowest BCUT2D eigenvalue weighted by Gasteiger charge is -2.34. The second kappa shape index (κ2) is 4.81. The molecule has 0 aromatic heterocycles. The van der Waals surface area contributed by atoms with Crippen LogP contribution in [0.3, 0.4) is 0 Å². The predicted molar refractivity (Wildman–Crippen MR) is 76.7 cm³/mol. The molecule has 0 heteroatoms. The van der Waals surface area contributed by atoms with Crippen LogP contribution in [0.2, 0.25) is 0 Å². The molecule has 0 heterocycles. The van der Waals surface area contributed by atoms with E-state index in [4.69, 9.17) is 0 Å². The molecule has 0 bridgehead atoms. The summed E-state index contributed by atoms with van der Waals surface area (Å²) in [4.78, 5) is 0. The Morgan fingerprint density at radius 3 is 1.72 bits per heavy atom. The standard InChI is InChI=1S/C18H18/c1-4-10-16(11-5-1)18(14-8-3-9-15-18)17-12-6-2-7-13-17/h1-2,4-8,10-14H,3,9,15H2. The number of benzene rings is 2. The second-order valence-corrected chi connectivity index (χ2v) is 5.00. The molecule has 0 atom stereocenters. The van der Waals surface area contributed by atoms with E-state index in [1.807, 2.05) is 0 Å². The van der Waals surface area contributed by atoms with Gasteiger partial charge in [-0.05, 0) is 30.4 Å². The van der Waals surface area contributed by atoms with Gasteiger partial charge in [-0.15, -0.1) is 0 Å². The SMILES string of the molecule is C1=CC(c2ccccc2)(c2ccccc2)CCC1. The third kappa shape index (κ3) is 1.88. The molecule has 18 heavy (non-hydrogen) atoms. The largest absolute Gasteiger partial charge is 0.0873 e. The van der Waals surface area contributed by atoms with Crippen LogP contribution in [0.25, 0.3) is 0 Å². The first kappa shape index (κ1) is 11.3. The molecule has 1 aliphatic rings. The highest BCUT2D eigenvalue weighted by atomic mass is 14.3. The van der Waals surface area contributed by atoms with Crippen molar-refractivity contribution >= 4 is 0 Å². The summed E-state index contributed by atoms with van der Waals surface area (Å²) in [7, 11) is 0. The average Bonchev–Trinajstić information content (AvgIpc) is 2.50. The van der Waals surface area contributed by atoms with Gasteiger partial charge >= 0.3 is 0 Å². The fraction of sp³-hybridized carbons (Fsp3) is 0.222. The van der Waals surface area contributed by atoms with Crippen molar-refractivity contribution in [2.45, 2.75) is 24.7 Å². The maximum atomic E-state index is 2.40. The van der Waals surface area contributed by atoms with Crippen LogP contribution in [-0.2, 0) is 5.41 Å². The van der Waals surface area contributed by atoms with Crippen molar-refractivity contribution in [3.05, 3.63) is 83.9 Å². The van der Waals surface area contributed by atoms with Crippen LogP contribution in [-0.4, -0.2) is 0 Å². The van der Waals surface area contributed by atoms with Gasteiger partial charge in [-0.2, -0.15) is 0 Å². The van der Waals surface area contributed by atoms with Gasteiger partial charge in [-0.1, -0.05) is 72.8 Å². The van der Waals surface area contributed by atoms with Gasteiger partial charge in [0.15, 0.2) is 0 Å². The van der Waals surface area contributed by atoms with E-state index in [1.165, 1.54) is 30.4 Å². The summed E-state index contributed by atoms with van der Waals surface area (Å²) in [5, 5.41) is 0. The van der Waals surface area contributed by atoms with Gasteiger partial charge in [0, 0.05) is 5.41 Å². The minimum Gasteiger partial charge on any atom is -0.0873 e. The second-order valence-electron chi connectivity index (χ2n) is 5.00. The fourth-order valence-electron chi connectivity index (χ4n) is 2.99. The lowest BCUT2D eigenvalue weighted by molar-refractivity contribution is 0.530. The van der Waals surface area contributed by atoms with Crippen molar-refractivity contribution in [3.63, 3.8) is 0 Å². The molecule has 0 saturated carbocycles. The molecule has 1 aliphatic carbocycles. The summed E-state index contributed by atoms with van der Waals surface area (Å²) in [6, 6.07) is 21.8. The Labute approximate surface area is 109 Å². The van der Waals surface area contributed by atoms with Crippen molar-refractivity contribution in [1.82, 2.24) is 0 Å². The molecule has 0 amide bonds. The Morgan fingerprint density at radius 2 is 1.28 bits per heavy atom. The normalized spacial score (nSPS) is 17.6. The van der Waals surface area contributed by atoms with E-state index in [2.05, 4.69) is 72.8 Å². The molecule has 0 spiro atoms. The zero-order valence-electron chi connectivity index (χ0n) is 10.5. The molecule has 0 N–H and O–H groups in total. The first-order chi connectivity index (χ1) is 8.92. The number of rotatable bonds is 2. The molecule has 0 radical (unpaired) electrons. The summed E-state index contributed by atoms with van der Waals surface area (Å²) in [5.41, 5.74) is 2.90. The Bertz CT molecular complexity index is 483. The molecular formula is C18H18. The quantitative estimate of drug-likeness (QED) is 0.660. The highest BCUT2D eigenvalue weighted by molar-refractivity contribution is 5.45. The van der Waals surface area contributed by atoms with Gasteiger partial charge in [-0.3, -0.25) is 0 Å². The fourth-order valence-corrected chi connectivity index (χ4v) is 2.99. The summed E-state index contributed by atoms with van der Waals surface area (Å²) in [5.74, 6) is 0. The van der Waals surface area contributed by atoms with Crippen LogP contribution in [0, 0.1) is 0 Å². The Hall–Kier alpha value is -1.82. The third-order valence-electron chi connectivity index (χ3n) is 3.92. The van der Waals surface area contributed by atoms with Crippen LogP contribution in [0.5, 0.6) is 0 Å². The van der Waals surface area contributed by atoms with E-state index < -0.39 is 0 Å². The van der Waals surface area contributed by atoms with Crippen LogP contribution < -0.4 is 0 Å². The minimum atomic E-state index is 0.0841. The molecule has 0 fully saturated rings. The summed E-state index contributed by atoms with van der Waals surface area (Å²) < 4.78 is 0. The lowest BCUT2D eigenvalue weighted by Crippen LogP contribution is -2.26. The molecule has 90 valence electrons. The zero-order chi connectivity index (χ0) is 12.3. The maximum Gasteiger partial charge on any atom is 0.0382 e. The van der Waals surface area contributed by atoms with Crippen molar-refractivity contribution in [3.8, 4) is 0 Å². The molecule has 0 nitrogen and oxygen atoms in total. The first-order valence-electron chi connectivity index (χ1n) is 6.71. The Balaban J connectivity index is 2.16. The summed E-state index contributed by atoms with van der Waals surface area (Å²) in [6.45, 7) is 0. The predicted octanol–water partition coefficient (Wildman–Crippen LogP) is 4.71. The van der Waals surface area contributed by atoms with Crippen LogP contribution in [0.4, 0.5) is 0 Å². The minimum absolute atomic E-state index is 0.0841. The van der Waals surface area contributed by atoms with E-state index in [-0.39, 0.29) is 5.41 Å². The van der Waals surface area contributed by atoms with Crippen LogP contribution in [0.1, 0.15) is 30.4 Å². The lowest BCUT2D eigenvalue weighted by atomic mass is 9.69. The highest BCUT2D eigenvalue weighted by Gasteiger charge is 2.32. The Kier molecular flexibility index (Phi) is 3.02. The van der Waals surface area contributed by atoms with Gasteiger partial charge in [0.05, 0.1) is 0 Å². The van der Waals surface area contributed by atoms with E-state index >= 15 is 0 Å². The summed E-state index contributed by atoms with van der Waals surface area (Å²) >= 11 is 0. The number of hydrogen-bond acceptors (Lipinski definition) is 0. The average molecular weight is 234 g/mol. The monoisotopic (exact) mass is 234 g/mol. The Morgan fingerprint density at radius 1 is 0.722 bits per heavy atom. The molecule has 2 aromatic carbocycles. The van der Waals surface area contributed by atoms with E-state index in [0.717, 1.165) is 0 Å². The molecule has 3 rings (SSSR count). The smallest absolute Gasteiger partial charge is 0.0382 e. The van der Waals surface area contributed by atoms with Gasteiger partial charge < -0.3 is 0 Å². The van der Waals surface area contributed by atoms with E-state index in [1.54, 1.807) is 0 Å². The van der Waals surface area contributed by atoms with Gasteiger partial charge in [0.25, 0.3) is 0 Å². The van der Waals surface area contributed by atoms with Gasteiger partial charge in [0.1, 0.15) is 0 Å².